The summed E-state index contributed by atoms with van der Waals surface area (Å²) in [5.41, 5.74) is 2.89. The quantitative estimate of drug-likeness (QED) is 0.925. The van der Waals surface area contributed by atoms with E-state index < -0.39 is 0 Å². The topological polar surface area (TPSA) is 65.5 Å². The van der Waals surface area contributed by atoms with Crippen molar-refractivity contribution in [1.29, 1.82) is 0 Å². The van der Waals surface area contributed by atoms with Crippen LogP contribution in [0.1, 0.15) is 26.6 Å². The highest BCUT2D eigenvalue weighted by Gasteiger charge is 2.19. The number of carbonyl (C=O) groups excluding carboxylic acids is 2. The summed E-state index contributed by atoms with van der Waals surface area (Å²) in [7, 11) is 5.04. The second-order valence-corrected chi connectivity index (χ2v) is 6.86. The number of hydrogen-bond donors (Lipinski definition) is 1. The van der Waals surface area contributed by atoms with E-state index in [1.54, 1.807) is 38.2 Å². The number of nitrogens with zero attached hydrogens (tertiary/aromatic N) is 3. The zero-order valence-corrected chi connectivity index (χ0v) is 15.4. The number of benzene rings is 1. The van der Waals surface area contributed by atoms with E-state index in [9.17, 15) is 9.59 Å². The first-order valence-corrected chi connectivity index (χ1v) is 8.41. The van der Waals surface area contributed by atoms with E-state index in [0.29, 0.717) is 17.8 Å². The van der Waals surface area contributed by atoms with Crippen molar-refractivity contribution in [3.8, 4) is 0 Å². The molecule has 0 atom stereocenters. The smallest absolute Gasteiger partial charge is 0.321 e. The molecule has 2 aromatic rings. The highest BCUT2D eigenvalue weighted by Crippen LogP contribution is 2.21. The van der Waals surface area contributed by atoms with Crippen molar-refractivity contribution in [2.24, 2.45) is 0 Å². The lowest BCUT2D eigenvalue weighted by molar-refractivity contribution is 0.0786. The third kappa shape index (κ3) is 4.32. The van der Waals surface area contributed by atoms with Gasteiger partial charge in [0.1, 0.15) is 5.01 Å². The number of anilines is 1. The molecule has 24 heavy (non-hydrogen) atoms. The molecule has 0 aliphatic rings. The summed E-state index contributed by atoms with van der Waals surface area (Å²) in [5, 5.41) is 5.61. The van der Waals surface area contributed by atoms with Gasteiger partial charge in [-0.3, -0.25) is 4.79 Å². The fourth-order valence-corrected chi connectivity index (χ4v) is 2.95. The number of rotatable bonds is 4. The molecule has 1 aromatic heterocycles. The molecule has 128 valence electrons. The maximum absolute atomic E-state index is 12.8. The summed E-state index contributed by atoms with van der Waals surface area (Å²) in [5.74, 6) is -0.152. The van der Waals surface area contributed by atoms with E-state index in [2.05, 4.69) is 10.3 Å². The normalized spacial score (nSPS) is 10.4. The van der Waals surface area contributed by atoms with Crippen LogP contribution < -0.4 is 5.32 Å². The van der Waals surface area contributed by atoms with Crippen molar-refractivity contribution in [2.45, 2.75) is 20.4 Å². The molecule has 0 aliphatic heterocycles. The Bertz CT molecular complexity index is 755. The Kier molecular flexibility index (Phi) is 5.56. The maximum atomic E-state index is 12.8. The van der Waals surface area contributed by atoms with Gasteiger partial charge in [-0.2, -0.15) is 0 Å². The molecule has 0 saturated carbocycles. The Morgan fingerprint density at radius 1 is 1.21 bits per heavy atom. The van der Waals surface area contributed by atoms with Gasteiger partial charge >= 0.3 is 6.03 Å². The molecule has 2 rings (SSSR count). The van der Waals surface area contributed by atoms with Crippen molar-refractivity contribution in [2.75, 3.05) is 26.5 Å². The van der Waals surface area contributed by atoms with Gasteiger partial charge in [0, 0.05) is 32.2 Å². The monoisotopic (exact) mass is 346 g/mol. The fourth-order valence-electron chi connectivity index (χ4n) is 2.13. The van der Waals surface area contributed by atoms with E-state index in [1.807, 2.05) is 25.3 Å². The largest absolute Gasteiger partial charge is 0.335 e. The van der Waals surface area contributed by atoms with Crippen LogP contribution in [0.3, 0.4) is 0 Å². The first-order chi connectivity index (χ1) is 11.3. The molecule has 6 nitrogen and oxygen atoms in total. The van der Waals surface area contributed by atoms with Gasteiger partial charge in [-0.05, 0) is 26.0 Å². The van der Waals surface area contributed by atoms with Crippen molar-refractivity contribution < 1.29 is 9.59 Å². The summed E-state index contributed by atoms with van der Waals surface area (Å²) in [6, 6.07) is 5.14. The molecular formula is C17H22N4O2S. The second kappa shape index (κ2) is 7.44. The van der Waals surface area contributed by atoms with Crippen LogP contribution in [0.5, 0.6) is 0 Å². The first kappa shape index (κ1) is 17.9. The zero-order chi connectivity index (χ0) is 17.9. The molecule has 0 aliphatic carbocycles. The van der Waals surface area contributed by atoms with Crippen LogP contribution in [0.4, 0.5) is 10.5 Å². The van der Waals surface area contributed by atoms with E-state index in [4.69, 9.17) is 0 Å². The minimum absolute atomic E-state index is 0.152. The molecule has 1 N–H and O–H groups in total. The Morgan fingerprint density at radius 3 is 2.50 bits per heavy atom. The molecule has 1 heterocycles. The van der Waals surface area contributed by atoms with Crippen LogP contribution in [-0.4, -0.2) is 47.9 Å². The van der Waals surface area contributed by atoms with Crippen molar-refractivity contribution in [1.82, 2.24) is 14.8 Å². The highest BCUT2D eigenvalue weighted by molar-refractivity contribution is 7.09. The minimum Gasteiger partial charge on any atom is -0.335 e. The number of thiazole rings is 1. The van der Waals surface area contributed by atoms with Gasteiger partial charge in [-0.15, -0.1) is 11.3 Å². The SMILES string of the molecule is Cc1ccc(NC(=O)N(C)C)c(C(=O)N(C)Cc2nc(C)cs2)c1. The molecule has 0 unspecified atom stereocenters. The molecule has 0 saturated heterocycles. The Balaban J connectivity index is 2.23. The molecule has 1 aromatic carbocycles. The number of hydrogen-bond acceptors (Lipinski definition) is 4. The Morgan fingerprint density at radius 2 is 1.92 bits per heavy atom. The minimum atomic E-state index is -0.272. The summed E-state index contributed by atoms with van der Waals surface area (Å²) >= 11 is 1.53. The van der Waals surface area contributed by atoms with Gasteiger partial charge in [-0.1, -0.05) is 11.6 Å². The molecule has 0 spiro atoms. The third-order valence-electron chi connectivity index (χ3n) is 3.44. The molecule has 0 radical (unpaired) electrons. The summed E-state index contributed by atoms with van der Waals surface area (Å²) < 4.78 is 0. The van der Waals surface area contributed by atoms with Crippen LogP contribution in [0.15, 0.2) is 23.6 Å². The van der Waals surface area contributed by atoms with Crippen LogP contribution in [-0.2, 0) is 6.54 Å². The summed E-state index contributed by atoms with van der Waals surface area (Å²) in [6.07, 6.45) is 0. The molecular weight excluding hydrogens is 324 g/mol. The number of nitrogens with one attached hydrogen (secondary N) is 1. The predicted octanol–water partition coefficient (Wildman–Crippen LogP) is 3.13. The maximum Gasteiger partial charge on any atom is 0.321 e. The molecule has 0 bridgehead atoms. The van der Waals surface area contributed by atoms with Crippen LogP contribution in [0.25, 0.3) is 0 Å². The van der Waals surface area contributed by atoms with Gasteiger partial charge in [-0.25, -0.2) is 9.78 Å². The molecule has 3 amide bonds. The predicted molar refractivity (Wildman–Crippen MR) is 96.5 cm³/mol. The number of aromatic nitrogens is 1. The Hall–Kier alpha value is -2.41. The lowest BCUT2D eigenvalue weighted by Gasteiger charge is -2.20. The lowest BCUT2D eigenvalue weighted by atomic mass is 10.1. The first-order valence-electron chi connectivity index (χ1n) is 7.53. The molecule has 7 heteroatoms. The van der Waals surface area contributed by atoms with Gasteiger partial charge < -0.3 is 15.1 Å². The van der Waals surface area contributed by atoms with Crippen LogP contribution in [0.2, 0.25) is 0 Å². The third-order valence-corrected chi connectivity index (χ3v) is 4.39. The lowest BCUT2D eigenvalue weighted by Crippen LogP contribution is -2.30. The Labute approximate surface area is 146 Å². The van der Waals surface area contributed by atoms with Gasteiger partial charge in [0.25, 0.3) is 5.91 Å². The average molecular weight is 346 g/mol. The van der Waals surface area contributed by atoms with E-state index in [-0.39, 0.29) is 11.9 Å². The van der Waals surface area contributed by atoms with Gasteiger partial charge in [0.15, 0.2) is 0 Å². The summed E-state index contributed by atoms with van der Waals surface area (Å²) in [4.78, 5) is 32.2. The van der Waals surface area contributed by atoms with Crippen LogP contribution >= 0.6 is 11.3 Å². The van der Waals surface area contributed by atoms with E-state index >= 15 is 0 Å². The fraction of sp³-hybridized carbons (Fsp3) is 0.353. The van der Waals surface area contributed by atoms with Crippen molar-refractivity contribution in [3.63, 3.8) is 0 Å². The number of carbonyl (C=O) groups is 2. The molecule has 0 fully saturated rings. The van der Waals surface area contributed by atoms with Gasteiger partial charge in [0.2, 0.25) is 0 Å². The summed E-state index contributed by atoms with van der Waals surface area (Å²) in [6.45, 7) is 4.28. The number of amides is 3. The van der Waals surface area contributed by atoms with Crippen molar-refractivity contribution >= 4 is 29.0 Å². The van der Waals surface area contributed by atoms with Gasteiger partial charge in [0.05, 0.1) is 17.8 Å². The van der Waals surface area contributed by atoms with Crippen LogP contribution in [0, 0.1) is 13.8 Å². The highest BCUT2D eigenvalue weighted by atomic mass is 32.1. The van der Waals surface area contributed by atoms with E-state index in [0.717, 1.165) is 16.3 Å². The van der Waals surface area contributed by atoms with E-state index in [1.165, 1.54) is 16.2 Å². The number of aryl methyl sites for hydroxylation is 2. The second-order valence-electron chi connectivity index (χ2n) is 5.92. The zero-order valence-electron chi connectivity index (χ0n) is 14.6. The standard InChI is InChI=1S/C17H22N4O2S/c1-11-6-7-14(19-17(23)20(3)4)13(8-11)16(22)21(5)9-15-18-12(2)10-24-15/h6-8,10H,9H2,1-5H3,(H,19,23). The number of urea groups is 1. The van der Waals surface area contributed by atoms with Crippen molar-refractivity contribution in [3.05, 3.63) is 45.4 Å². The average Bonchev–Trinajstić information content (AvgIpc) is 2.93.